The van der Waals surface area contributed by atoms with Gasteiger partial charge in [-0.25, -0.2) is 4.79 Å². The third-order valence-corrected chi connectivity index (χ3v) is 5.86. The number of urea groups is 1. The highest BCUT2D eigenvalue weighted by Gasteiger charge is 2.42. The zero-order chi connectivity index (χ0) is 20.6. The van der Waals surface area contributed by atoms with Crippen molar-refractivity contribution in [2.45, 2.75) is 32.4 Å². The van der Waals surface area contributed by atoms with E-state index >= 15 is 0 Å². The van der Waals surface area contributed by atoms with Gasteiger partial charge in [0.2, 0.25) is 0 Å². The second kappa shape index (κ2) is 7.52. The van der Waals surface area contributed by atoms with Crippen molar-refractivity contribution < 1.29 is 9.59 Å². The molecule has 2 aromatic rings. The molecule has 0 unspecified atom stereocenters. The molecule has 2 aliphatic heterocycles. The normalized spacial score (nSPS) is 17.8. The Balaban J connectivity index is 1.43. The van der Waals surface area contributed by atoms with Gasteiger partial charge in [-0.2, -0.15) is 0 Å². The summed E-state index contributed by atoms with van der Waals surface area (Å²) >= 11 is 6.05. The molecule has 7 heteroatoms. The van der Waals surface area contributed by atoms with Gasteiger partial charge in [-0.3, -0.25) is 9.79 Å². The second-order valence-electron chi connectivity index (χ2n) is 7.67. The highest BCUT2D eigenvalue weighted by Crippen LogP contribution is 2.29. The van der Waals surface area contributed by atoms with Gasteiger partial charge < -0.3 is 15.5 Å². The number of anilines is 1. The number of aliphatic imine (C=N–C) groups is 1. The summed E-state index contributed by atoms with van der Waals surface area (Å²) in [5, 5.41) is 6.54. The lowest BCUT2D eigenvalue weighted by atomic mass is 9.98. The number of nitrogens with one attached hydrogen (secondary N) is 2. The molecule has 6 nitrogen and oxygen atoms in total. The fourth-order valence-corrected chi connectivity index (χ4v) is 3.92. The Morgan fingerprint density at radius 1 is 1.14 bits per heavy atom. The smallest absolute Gasteiger partial charge is 0.321 e. The number of likely N-dealkylation sites (tertiary alicyclic amines) is 1. The van der Waals surface area contributed by atoms with Crippen LogP contribution in [-0.2, 0) is 4.79 Å². The van der Waals surface area contributed by atoms with Crippen molar-refractivity contribution in [2.24, 2.45) is 4.99 Å². The summed E-state index contributed by atoms with van der Waals surface area (Å²) in [4.78, 5) is 31.6. The van der Waals surface area contributed by atoms with Gasteiger partial charge in [0, 0.05) is 42.2 Å². The van der Waals surface area contributed by atoms with Crippen LogP contribution in [0.4, 0.5) is 10.5 Å². The van der Waals surface area contributed by atoms with E-state index in [9.17, 15) is 9.59 Å². The lowest BCUT2D eigenvalue weighted by molar-refractivity contribution is -0.115. The topological polar surface area (TPSA) is 73.8 Å². The molecule has 0 bridgehead atoms. The van der Waals surface area contributed by atoms with Crippen molar-refractivity contribution in [1.82, 2.24) is 10.2 Å². The van der Waals surface area contributed by atoms with E-state index in [1.165, 1.54) is 5.56 Å². The highest BCUT2D eigenvalue weighted by molar-refractivity contribution is 6.47. The van der Waals surface area contributed by atoms with E-state index < -0.39 is 5.66 Å². The Labute approximate surface area is 175 Å². The van der Waals surface area contributed by atoms with Crippen LogP contribution >= 0.6 is 11.6 Å². The number of halogens is 1. The van der Waals surface area contributed by atoms with Gasteiger partial charge in [-0.1, -0.05) is 29.8 Å². The van der Waals surface area contributed by atoms with Crippen LogP contribution in [-0.4, -0.2) is 41.3 Å². The van der Waals surface area contributed by atoms with E-state index in [1.54, 1.807) is 23.1 Å². The minimum absolute atomic E-state index is 0.133. The van der Waals surface area contributed by atoms with Crippen LogP contribution in [0.15, 0.2) is 47.5 Å². The largest absolute Gasteiger partial charge is 0.326 e. The minimum atomic E-state index is -0.647. The number of hydrogen-bond acceptors (Lipinski definition) is 3. The van der Waals surface area contributed by atoms with E-state index in [0.29, 0.717) is 42.2 Å². The summed E-state index contributed by atoms with van der Waals surface area (Å²) in [6.07, 6.45) is 1.15. The zero-order valence-corrected chi connectivity index (χ0v) is 17.2. The average molecular weight is 411 g/mol. The van der Waals surface area contributed by atoms with Gasteiger partial charge >= 0.3 is 6.03 Å². The fourth-order valence-electron chi connectivity index (χ4n) is 3.73. The predicted molar refractivity (Wildman–Crippen MR) is 115 cm³/mol. The fraction of sp³-hybridized carbons (Fsp3) is 0.318. The molecule has 150 valence electrons. The summed E-state index contributed by atoms with van der Waals surface area (Å²) < 4.78 is 0. The molecular weight excluding hydrogens is 388 g/mol. The SMILES string of the molecule is Cc1ccc(NC(=O)N2CCC3(CC2)N=C(c2cccc(Cl)c2)C(=O)N3)cc1C. The van der Waals surface area contributed by atoms with Crippen molar-refractivity contribution in [2.75, 3.05) is 18.4 Å². The molecular formula is C22H23ClN4O2. The molecule has 3 amide bonds. The number of hydrogen-bond donors (Lipinski definition) is 2. The van der Waals surface area contributed by atoms with Crippen molar-refractivity contribution in [3.8, 4) is 0 Å². The van der Waals surface area contributed by atoms with E-state index in [4.69, 9.17) is 16.6 Å². The van der Waals surface area contributed by atoms with Crippen LogP contribution in [0.5, 0.6) is 0 Å². The van der Waals surface area contributed by atoms with Gasteiger partial charge in [-0.15, -0.1) is 0 Å². The highest BCUT2D eigenvalue weighted by atomic mass is 35.5. The van der Waals surface area contributed by atoms with Crippen LogP contribution in [0.1, 0.15) is 29.5 Å². The summed E-state index contributed by atoms with van der Waals surface area (Å²) in [5.74, 6) is -0.194. The number of nitrogens with zero attached hydrogens (tertiary/aromatic N) is 2. The first-order valence-electron chi connectivity index (χ1n) is 9.67. The molecule has 1 fully saturated rings. The van der Waals surface area contributed by atoms with Crippen LogP contribution in [0.25, 0.3) is 0 Å². The maximum Gasteiger partial charge on any atom is 0.321 e. The van der Waals surface area contributed by atoms with Gasteiger partial charge in [0.15, 0.2) is 0 Å². The van der Waals surface area contributed by atoms with E-state index in [-0.39, 0.29) is 11.9 Å². The molecule has 2 heterocycles. The Morgan fingerprint density at radius 2 is 1.90 bits per heavy atom. The lowest BCUT2D eigenvalue weighted by Gasteiger charge is -2.37. The number of carbonyl (C=O) groups excluding carboxylic acids is 2. The minimum Gasteiger partial charge on any atom is -0.326 e. The number of aryl methyl sites for hydroxylation is 2. The molecule has 1 saturated heterocycles. The van der Waals surface area contributed by atoms with Gasteiger partial charge in [0.25, 0.3) is 5.91 Å². The first-order chi connectivity index (χ1) is 13.8. The molecule has 0 atom stereocenters. The van der Waals surface area contributed by atoms with Crippen LogP contribution in [0, 0.1) is 13.8 Å². The van der Waals surface area contributed by atoms with Crippen molar-refractivity contribution in [1.29, 1.82) is 0 Å². The molecule has 29 heavy (non-hydrogen) atoms. The van der Waals surface area contributed by atoms with E-state index in [2.05, 4.69) is 10.6 Å². The number of rotatable bonds is 2. The quantitative estimate of drug-likeness (QED) is 0.787. The molecule has 0 aliphatic carbocycles. The first-order valence-corrected chi connectivity index (χ1v) is 10.0. The van der Waals surface area contributed by atoms with Crippen molar-refractivity contribution in [3.63, 3.8) is 0 Å². The summed E-state index contributed by atoms with van der Waals surface area (Å²) in [6, 6.07) is 12.9. The Hall–Kier alpha value is -2.86. The van der Waals surface area contributed by atoms with Crippen molar-refractivity contribution in [3.05, 3.63) is 64.2 Å². The molecule has 4 rings (SSSR count). The van der Waals surface area contributed by atoms with E-state index in [0.717, 1.165) is 11.3 Å². The Kier molecular flexibility index (Phi) is 5.04. The first kappa shape index (κ1) is 19.5. The van der Waals surface area contributed by atoms with Gasteiger partial charge in [0.05, 0.1) is 0 Å². The van der Waals surface area contributed by atoms with Gasteiger partial charge in [-0.05, 0) is 49.2 Å². The molecule has 2 aliphatic rings. The van der Waals surface area contributed by atoms with E-state index in [1.807, 2.05) is 38.1 Å². The molecule has 0 saturated carbocycles. The second-order valence-corrected chi connectivity index (χ2v) is 8.11. The monoisotopic (exact) mass is 410 g/mol. The number of piperidine rings is 1. The van der Waals surface area contributed by atoms with Crippen LogP contribution < -0.4 is 10.6 Å². The van der Waals surface area contributed by atoms with Crippen LogP contribution in [0.2, 0.25) is 5.02 Å². The van der Waals surface area contributed by atoms with Gasteiger partial charge in [0.1, 0.15) is 11.4 Å². The molecule has 0 aromatic heterocycles. The standard InChI is InChI=1S/C22H23ClN4O2/c1-14-6-7-18(12-15(14)2)24-21(29)27-10-8-22(9-11-27)25-19(20(28)26-22)16-4-3-5-17(23)13-16/h3-7,12-13H,8-11H2,1-2H3,(H,24,29)(H,26,28). The third-order valence-electron chi connectivity index (χ3n) is 5.62. The number of amides is 3. The molecule has 0 radical (unpaired) electrons. The zero-order valence-electron chi connectivity index (χ0n) is 16.5. The predicted octanol–water partition coefficient (Wildman–Crippen LogP) is 3.90. The third kappa shape index (κ3) is 3.98. The lowest BCUT2D eigenvalue weighted by Crippen LogP contribution is -2.53. The Bertz CT molecular complexity index is 1010. The Morgan fingerprint density at radius 3 is 2.59 bits per heavy atom. The summed E-state index contributed by atoms with van der Waals surface area (Å²) in [6.45, 7) is 5.10. The number of benzene rings is 2. The van der Waals surface area contributed by atoms with Crippen LogP contribution in [0.3, 0.4) is 0 Å². The average Bonchev–Trinajstić information content (AvgIpc) is 3.01. The molecule has 1 spiro atoms. The molecule has 2 aromatic carbocycles. The maximum absolute atomic E-state index is 12.6. The summed E-state index contributed by atoms with van der Waals surface area (Å²) in [7, 11) is 0. The maximum atomic E-state index is 12.6. The van der Waals surface area contributed by atoms with Crippen molar-refractivity contribution >= 4 is 34.9 Å². The summed E-state index contributed by atoms with van der Waals surface area (Å²) in [5.41, 5.74) is 3.58. The number of carbonyl (C=O) groups is 2. The molecule has 2 N–H and O–H groups in total.